The molecule has 3 rings (SSSR count). The second kappa shape index (κ2) is 5.79. The van der Waals surface area contributed by atoms with Crippen molar-refractivity contribution in [2.24, 2.45) is 5.92 Å². The zero-order valence-corrected chi connectivity index (χ0v) is 12.8. The summed E-state index contributed by atoms with van der Waals surface area (Å²) in [6, 6.07) is 0.151. The molecule has 116 valence electrons. The molecule has 0 radical (unpaired) electrons. The van der Waals surface area contributed by atoms with Crippen LogP contribution < -0.4 is 0 Å². The van der Waals surface area contributed by atoms with E-state index in [1.165, 1.54) is 0 Å². The van der Waals surface area contributed by atoms with E-state index in [1.807, 2.05) is 11.8 Å². The van der Waals surface area contributed by atoms with E-state index < -0.39 is 0 Å². The van der Waals surface area contributed by atoms with Crippen molar-refractivity contribution in [1.82, 2.24) is 9.88 Å². The number of aliphatic hydroxyl groups is 1. The minimum atomic E-state index is -0.269. The summed E-state index contributed by atoms with van der Waals surface area (Å²) in [4.78, 5) is 18.9. The molecule has 0 bridgehead atoms. The summed E-state index contributed by atoms with van der Waals surface area (Å²) in [6.07, 6.45) is 5.85. The number of hydrogen-bond donors (Lipinski definition) is 1. The van der Waals surface area contributed by atoms with Gasteiger partial charge in [-0.1, -0.05) is 12.8 Å². The van der Waals surface area contributed by atoms with Crippen LogP contribution in [0.4, 0.5) is 0 Å². The third-order valence-corrected chi connectivity index (χ3v) is 4.93. The van der Waals surface area contributed by atoms with Crippen molar-refractivity contribution >= 4 is 5.91 Å². The van der Waals surface area contributed by atoms with E-state index in [4.69, 9.17) is 4.42 Å². The van der Waals surface area contributed by atoms with E-state index in [2.05, 4.69) is 4.98 Å². The molecule has 1 saturated heterocycles. The van der Waals surface area contributed by atoms with Crippen LogP contribution in [0.1, 0.15) is 60.7 Å². The highest BCUT2D eigenvalue weighted by molar-refractivity contribution is 5.92. The zero-order chi connectivity index (χ0) is 15.0. The molecule has 1 aromatic heterocycles. The number of hydrogen-bond acceptors (Lipinski definition) is 4. The standard InChI is InChI=1S/C16H24N2O3/c1-10-15(21-11(2)17-10)16(20)18-9-5-7-13(18)12-6-3-4-8-14(12)19/h12-14,19H,3-9H2,1-2H3. The predicted octanol–water partition coefficient (Wildman–Crippen LogP) is 2.45. The van der Waals surface area contributed by atoms with Crippen molar-refractivity contribution in [3.63, 3.8) is 0 Å². The van der Waals surface area contributed by atoms with Crippen molar-refractivity contribution in [2.45, 2.75) is 64.5 Å². The molecule has 3 atom stereocenters. The lowest BCUT2D eigenvalue weighted by molar-refractivity contribution is 0.0199. The van der Waals surface area contributed by atoms with E-state index in [0.717, 1.165) is 45.1 Å². The van der Waals surface area contributed by atoms with E-state index in [-0.39, 0.29) is 24.0 Å². The summed E-state index contributed by atoms with van der Waals surface area (Å²) in [5.74, 6) is 1.05. The topological polar surface area (TPSA) is 66.6 Å². The largest absolute Gasteiger partial charge is 0.436 e. The number of aryl methyl sites for hydroxylation is 2. The number of aliphatic hydroxyl groups excluding tert-OH is 1. The highest BCUT2D eigenvalue weighted by Gasteiger charge is 2.40. The Hall–Kier alpha value is -1.36. The molecule has 1 N–H and O–H groups in total. The Bertz CT molecular complexity index is 526. The molecule has 1 aliphatic carbocycles. The predicted molar refractivity (Wildman–Crippen MR) is 78.0 cm³/mol. The van der Waals surface area contributed by atoms with Crippen molar-refractivity contribution in [2.75, 3.05) is 6.54 Å². The van der Waals surface area contributed by atoms with Crippen molar-refractivity contribution < 1.29 is 14.3 Å². The summed E-state index contributed by atoms with van der Waals surface area (Å²) in [5.41, 5.74) is 0.660. The van der Waals surface area contributed by atoms with Gasteiger partial charge in [-0.15, -0.1) is 0 Å². The third kappa shape index (κ3) is 2.71. The van der Waals surface area contributed by atoms with Gasteiger partial charge in [0, 0.05) is 25.4 Å². The summed E-state index contributed by atoms with van der Waals surface area (Å²) < 4.78 is 5.49. The number of oxazole rings is 1. The van der Waals surface area contributed by atoms with Gasteiger partial charge in [-0.2, -0.15) is 0 Å². The van der Waals surface area contributed by atoms with E-state index >= 15 is 0 Å². The summed E-state index contributed by atoms with van der Waals surface area (Å²) in [7, 11) is 0. The Morgan fingerprint density at radius 2 is 2.00 bits per heavy atom. The van der Waals surface area contributed by atoms with Gasteiger partial charge >= 0.3 is 0 Å². The van der Waals surface area contributed by atoms with Crippen molar-refractivity contribution in [3.8, 4) is 0 Å². The van der Waals surface area contributed by atoms with E-state index in [9.17, 15) is 9.90 Å². The molecule has 5 heteroatoms. The first kappa shape index (κ1) is 14.6. The Morgan fingerprint density at radius 3 is 2.67 bits per heavy atom. The van der Waals surface area contributed by atoms with Crippen LogP contribution in [0.25, 0.3) is 0 Å². The number of carbonyl (C=O) groups is 1. The summed E-state index contributed by atoms with van der Waals surface area (Å²) in [6.45, 7) is 4.33. The number of rotatable bonds is 2. The van der Waals surface area contributed by atoms with Crippen LogP contribution in [-0.2, 0) is 0 Å². The minimum Gasteiger partial charge on any atom is -0.436 e. The van der Waals surface area contributed by atoms with Gasteiger partial charge in [0.15, 0.2) is 5.89 Å². The van der Waals surface area contributed by atoms with Crippen LogP contribution in [0, 0.1) is 19.8 Å². The lowest BCUT2D eigenvalue weighted by Crippen LogP contribution is -2.45. The molecular formula is C16H24N2O3. The number of likely N-dealkylation sites (tertiary alicyclic amines) is 1. The maximum atomic E-state index is 12.8. The number of aromatic nitrogens is 1. The molecule has 2 heterocycles. The lowest BCUT2D eigenvalue weighted by Gasteiger charge is -2.36. The average Bonchev–Trinajstić information content (AvgIpc) is 3.05. The van der Waals surface area contributed by atoms with Gasteiger partial charge in [-0.05, 0) is 32.6 Å². The normalized spacial score (nSPS) is 29.9. The Labute approximate surface area is 125 Å². The van der Waals surface area contributed by atoms with Crippen LogP contribution in [-0.4, -0.2) is 39.6 Å². The number of amides is 1. The SMILES string of the molecule is Cc1nc(C)c(C(=O)N2CCCC2C2CCCCC2O)o1. The molecule has 0 aromatic carbocycles. The molecule has 2 fully saturated rings. The van der Waals surface area contributed by atoms with Gasteiger partial charge in [-0.3, -0.25) is 4.79 Å². The quantitative estimate of drug-likeness (QED) is 0.909. The highest BCUT2D eigenvalue weighted by atomic mass is 16.4. The molecular weight excluding hydrogens is 268 g/mol. The molecule has 1 saturated carbocycles. The molecule has 1 aromatic rings. The Kier molecular flexibility index (Phi) is 4.02. The zero-order valence-electron chi connectivity index (χ0n) is 12.8. The van der Waals surface area contributed by atoms with Crippen LogP contribution in [0.3, 0.4) is 0 Å². The van der Waals surface area contributed by atoms with Gasteiger partial charge in [0.1, 0.15) is 0 Å². The fraction of sp³-hybridized carbons (Fsp3) is 0.750. The highest BCUT2D eigenvalue weighted by Crippen LogP contribution is 2.35. The van der Waals surface area contributed by atoms with Crippen molar-refractivity contribution in [3.05, 3.63) is 17.3 Å². The van der Waals surface area contributed by atoms with E-state index in [1.54, 1.807) is 6.92 Å². The number of nitrogens with zero attached hydrogens (tertiary/aromatic N) is 2. The number of carbonyl (C=O) groups excluding carboxylic acids is 1. The second-order valence-electron chi connectivity index (χ2n) is 6.37. The van der Waals surface area contributed by atoms with Gasteiger partial charge in [0.05, 0.1) is 11.8 Å². The molecule has 0 spiro atoms. The van der Waals surface area contributed by atoms with Gasteiger partial charge in [0.2, 0.25) is 5.76 Å². The van der Waals surface area contributed by atoms with Crippen LogP contribution in [0.15, 0.2) is 4.42 Å². The molecule has 21 heavy (non-hydrogen) atoms. The minimum absolute atomic E-state index is 0.0617. The molecule has 3 unspecified atom stereocenters. The summed E-state index contributed by atoms with van der Waals surface area (Å²) in [5, 5.41) is 10.3. The van der Waals surface area contributed by atoms with Crippen LogP contribution in [0.2, 0.25) is 0 Å². The average molecular weight is 292 g/mol. The molecule has 1 amide bonds. The first-order valence-electron chi connectivity index (χ1n) is 8.01. The maximum Gasteiger partial charge on any atom is 0.291 e. The smallest absolute Gasteiger partial charge is 0.291 e. The fourth-order valence-corrected chi connectivity index (χ4v) is 3.94. The molecule has 1 aliphatic heterocycles. The van der Waals surface area contributed by atoms with Crippen LogP contribution in [0.5, 0.6) is 0 Å². The summed E-state index contributed by atoms with van der Waals surface area (Å²) >= 11 is 0. The van der Waals surface area contributed by atoms with Gasteiger partial charge in [-0.25, -0.2) is 4.98 Å². The Morgan fingerprint density at radius 1 is 1.24 bits per heavy atom. The van der Waals surface area contributed by atoms with Gasteiger partial charge < -0.3 is 14.4 Å². The first-order valence-corrected chi connectivity index (χ1v) is 8.01. The van der Waals surface area contributed by atoms with E-state index in [0.29, 0.717) is 17.3 Å². The third-order valence-electron chi connectivity index (χ3n) is 4.93. The molecule has 5 nitrogen and oxygen atoms in total. The fourth-order valence-electron chi connectivity index (χ4n) is 3.94. The monoisotopic (exact) mass is 292 g/mol. The maximum absolute atomic E-state index is 12.8. The Balaban J connectivity index is 1.80. The van der Waals surface area contributed by atoms with Crippen LogP contribution >= 0.6 is 0 Å². The van der Waals surface area contributed by atoms with Crippen molar-refractivity contribution in [1.29, 1.82) is 0 Å². The first-order chi connectivity index (χ1) is 10.1. The van der Waals surface area contributed by atoms with Gasteiger partial charge in [0.25, 0.3) is 5.91 Å². The second-order valence-corrected chi connectivity index (χ2v) is 6.37. The molecule has 2 aliphatic rings. The lowest BCUT2D eigenvalue weighted by atomic mass is 9.80.